The van der Waals surface area contributed by atoms with Crippen molar-refractivity contribution in [3.63, 3.8) is 0 Å². The molecule has 0 saturated carbocycles. The van der Waals surface area contributed by atoms with E-state index in [1.54, 1.807) is 19.2 Å². The first kappa shape index (κ1) is 13.4. The number of furan rings is 1. The molecule has 2 rings (SSSR count). The lowest BCUT2D eigenvalue weighted by atomic mass is 10.1. The Kier molecular flexibility index (Phi) is 4.75. The van der Waals surface area contributed by atoms with Gasteiger partial charge in [-0.25, -0.2) is 0 Å². The third-order valence-corrected chi connectivity index (χ3v) is 2.68. The van der Waals surface area contributed by atoms with Crippen LogP contribution in [0.2, 0.25) is 0 Å². The van der Waals surface area contributed by atoms with Crippen LogP contribution in [0, 0.1) is 0 Å². The largest absolute Gasteiger partial charge is 0.485 e. The summed E-state index contributed by atoms with van der Waals surface area (Å²) in [5, 5.41) is 0. The van der Waals surface area contributed by atoms with E-state index in [9.17, 15) is 4.79 Å². The zero-order valence-electron chi connectivity index (χ0n) is 10.8. The molecule has 0 atom stereocenters. The Morgan fingerprint density at radius 1 is 1.21 bits per heavy atom. The van der Waals surface area contributed by atoms with Crippen molar-refractivity contribution in [3.05, 3.63) is 54.0 Å². The van der Waals surface area contributed by atoms with Crippen LogP contribution in [0.15, 0.2) is 47.1 Å². The molecule has 100 valence electrons. The van der Waals surface area contributed by atoms with Crippen molar-refractivity contribution in [2.24, 2.45) is 0 Å². The fourth-order valence-corrected chi connectivity index (χ4v) is 1.63. The highest BCUT2D eigenvalue weighted by Gasteiger charge is 2.09. The smallest absolute Gasteiger partial charge is 0.235 e. The van der Waals surface area contributed by atoms with Gasteiger partial charge in [0.15, 0.2) is 12.4 Å². The van der Waals surface area contributed by atoms with Crippen LogP contribution in [0.4, 0.5) is 0 Å². The van der Waals surface area contributed by atoms with Crippen LogP contribution >= 0.6 is 0 Å². The topological polar surface area (TPSA) is 48.7 Å². The van der Waals surface area contributed by atoms with Gasteiger partial charge in [0.2, 0.25) is 5.78 Å². The first-order chi connectivity index (χ1) is 9.29. The number of carbonyl (C=O) groups is 1. The summed E-state index contributed by atoms with van der Waals surface area (Å²) < 4.78 is 15.4. The van der Waals surface area contributed by atoms with E-state index in [4.69, 9.17) is 13.9 Å². The fraction of sp³-hybridized carbons (Fsp3) is 0.267. The summed E-state index contributed by atoms with van der Waals surface area (Å²) in [5.74, 6) is 0.811. The van der Waals surface area contributed by atoms with Crippen LogP contribution in [-0.4, -0.2) is 26.1 Å². The maximum atomic E-state index is 11.7. The Hall–Kier alpha value is -2.07. The SMILES string of the molecule is COCCc1ccc(OCC(=O)c2ccco2)cc1. The molecule has 1 heterocycles. The Balaban J connectivity index is 1.84. The summed E-state index contributed by atoms with van der Waals surface area (Å²) in [4.78, 5) is 11.7. The highest BCUT2D eigenvalue weighted by Crippen LogP contribution is 2.13. The van der Waals surface area contributed by atoms with Gasteiger partial charge in [0, 0.05) is 7.11 Å². The second-order valence-corrected chi connectivity index (χ2v) is 4.08. The van der Waals surface area contributed by atoms with E-state index in [0.717, 1.165) is 6.42 Å². The van der Waals surface area contributed by atoms with E-state index in [0.29, 0.717) is 18.1 Å². The van der Waals surface area contributed by atoms with Gasteiger partial charge in [-0.15, -0.1) is 0 Å². The number of benzene rings is 1. The van der Waals surface area contributed by atoms with Gasteiger partial charge in [0.25, 0.3) is 0 Å². The first-order valence-electron chi connectivity index (χ1n) is 6.07. The molecule has 0 aliphatic rings. The second kappa shape index (κ2) is 6.75. The average Bonchev–Trinajstić information content (AvgIpc) is 2.98. The molecule has 0 radical (unpaired) electrons. The number of hydrogen-bond donors (Lipinski definition) is 0. The maximum Gasteiger partial charge on any atom is 0.235 e. The van der Waals surface area contributed by atoms with Crippen molar-refractivity contribution in [2.45, 2.75) is 6.42 Å². The van der Waals surface area contributed by atoms with Gasteiger partial charge in [0.1, 0.15) is 5.75 Å². The van der Waals surface area contributed by atoms with Crippen LogP contribution in [0.3, 0.4) is 0 Å². The second-order valence-electron chi connectivity index (χ2n) is 4.08. The van der Waals surface area contributed by atoms with Crippen LogP contribution in [0.5, 0.6) is 5.75 Å². The quantitative estimate of drug-likeness (QED) is 0.718. The summed E-state index contributed by atoms with van der Waals surface area (Å²) in [6.07, 6.45) is 2.33. The zero-order chi connectivity index (χ0) is 13.5. The van der Waals surface area contributed by atoms with Crippen LogP contribution < -0.4 is 4.74 Å². The van der Waals surface area contributed by atoms with E-state index >= 15 is 0 Å². The predicted octanol–water partition coefficient (Wildman–Crippen LogP) is 2.73. The molecule has 0 aliphatic heterocycles. The molecule has 4 nitrogen and oxygen atoms in total. The van der Waals surface area contributed by atoms with E-state index in [2.05, 4.69) is 0 Å². The Labute approximate surface area is 111 Å². The average molecular weight is 260 g/mol. The molecule has 0 amide bonds. The monoisotopic (exact) mass is 260 g/mol. The Bertz CT molecular complexity index is 499. The van der Waals surface area contributed by atoms with Crippen molar-refractivity contribution in [3.8, 4) is 5.75 Å². The number of rotatable bonds is 7. The van der Waals surface area contributed by atoms with E-state index in [-0.39, 0.29) is 12.4 Å². The van der Waals surface area contributed by atoms with Gasteiger partial charge in [-0.2, -0.15) is 0 Å². The zero-order valence-corrected chi connectivity index (χ0v) is 10.8. The third-order valence-electron chi connectivity index (χ3n) is 2.68. The summed E-state index contributed by atoms with van der Waals surface area (Å²) in [5.41, 5.74) is 1.17. The number of Topliss-reactive ketones (excluding diaryl/α,β-unsaturated/α-hetero) is 1. The standard InChI is InChI=1S/C15H16O4/c1-17-10-8-12-4-6-13(7-5-12)19-11-14(16)15-3-2-9-18-15/h2-7,9H,8,10-11H2,1H3. The molecule has 1 aromatic carbocycles. The Morgan fingerprint density at radius 2 is 2.00 bits per heavy atom. The van der Waals surface area contributed by atoms with Crippen LogP contribution in [-0.2, 0) is 11.2 Å². The minimum absolute atomic E-state index is 0.0229. The van der Waals surface area contributed by atoms with Crippen molar-refractivity contribution in [1.82, 2.24) is 0 Å². The summed E-state index contributed by atoms with van der Waals surface area (Å²) in [6.45, 7) is 0.669. The molecule has 0 spiro atoms. The van der Waals surface area contributed by atoms with Crippen molar-refractivity contribution in [2.75, 3.05) is 20.3 Å². The molecule has 0 aliphatic carbocycles. The number of ketones is 1. The molecule has 0 bridgehead atoms. The van der Waals surface area contributed by atoms with E-state index < -0.39 is 0 Å². The number of ether oxygens (including phenoxy) is 2. The van der Waals surface area contributed by atoms with Gasteiger partial charge in [-0.1, -0.05) is 12.1 Å². The molecule has 4 heteroatoms. The summed E-state index contributed by atoms with van der Waals surface area (Å²) >= 11 is 0. The minimum atomic E-state index is -0.173. The third kappa shape index (κ3) is 3.96. The molecule has 0 N–H and O–H groups in total. The van der Waals surface area contributed by atoms with Crippen molar-refractivity contribution in [1.29, 1.82) is 0 Å². The van der Waals surface area contributed by atoms with Gasteiger partial charge in [-0.3, -0.25) is 4.79 Å². The molecular weight excluding hydrogens is 244 g/mol. The normalized spacial score (nSPS) is 10.4. The lowest BCUT2D eigenvalue weighted by Gasteiger charge is -2.05. The molecule has 0 unspecified atom stereocenters. The van der Waals surface area contributed by atoms with Crippen LogP contribution in [0.1, 0.15) is 16.1 Å². The van der Waals surface area contributed by atoms with Crippen molar-refractivity contribution >= 4 is 5.78 Å². The molecule has 2 aromatic rings. The number of hydrogen-bond acceptors (Lipinski definition) is 4. The lowest BCUT2D eigenvalue weighted by Crippen LogP contribution is -2.10. The number of carbonyl (C=O) groups excluding carboxylic acids is 1. The molecule has 0 fully saturated rings. The minimum Gasteiger partial charge on any atom is -0.485 e. The predicted molar refractivity (Wildman–Crippen MR) is 70.6 cm³/mol. The van der Waals surface area contributed by atoms with Crippen molar-refractivity contribution < 1.29 is 18.7 Å². The highest BCUT2D eigenvalue weighted by atomic mass is 16.5. The highest BCUT2D eigenvalue weighted by molar-refractivity contribution is 5.94. The molecule has 19 heavy (non-hydrogen) atoms. The molecule has 1 aromatic heterocycles. The van der Waals surface area contributed by atoms with Gasteiger partial charge >= 0.3 is 0 Å². The maximum absolute atomic E-state index is 11.7. The lowest BCUT2D eigenvalue weighted by molar-refractivity contribution is 0.0894. The van der Waals surface area contributed by atoms with Gasteiger partial charge < -0.3 is 13.9 Å². The Morgan fingerprint density at radius 3 is 2.63 bits per heavy atom. The van der Waals surface area contributed by atoms with Crippen LogP contribution in [0.25, 0.3) is 0 Å². The fourth-order valence-electron chi connectivity index (χ4n) is 1.63. The summed E-state index contributed by atoms with van der Waals surface area (Å²) in [7, 11) is 1.68. The van der Waals surface area contributed by atoms with E-state index in [1.165, 1.54) is 11.8 Å². The number of methoxy groups -OCH3 is 1. The van der Waals surface area contributed by atoms with Gasteiger partial charge in [0.05, 0.1) is 12.9 Å². The van der Waals surface area contributed by atoms with Gasteiger partial charge in [-0.05, 0) is 36.2 Å². The molecular formula is C15H16O4. The first-order valence-corrected chi connectivity index (χ1v) is 6.07. The summed E-state index contributed by atoms with van der Waals surface area (Å²) in [6, 6.07) is 10.9. The molecule has 0 saturated heterocycles. The van der Waals surface area contributed by atoms with E-state index in [1.807, 2.05) is 24.3 Å².